The van der Waals surface area contributed by atoms with Gasteiger partial charge in [0.15, 0.2) is 5.69 Å². The van der Waals surface area contributed by atoms with Gasteiger partial charge in [-0.25, -0.2) is 4.79 Å². The van der Waals surface area contributed by atoms with Crippen LogP contribution in [0.25, 0.3) is 6.08 Å². The van der Waals surface area contributed by atoms with Crippen molar-refractivity contribution in [1.82, 2.24) is 9.55 Å². The number of hydrogen-bond acceptors (Lipinski definition) is 5. The lowest BCUT2D eigenvalue weighted by Crippen LogP contribution is -2.44. The molecule has 2 aromatic rings. The maximum Gasteiger partial charge on any atom is 0.330 e. The Morgan fingerprint density at radius 3 is 2.73 bits per heavy atom. The van der Waals surface area contributed by atoms with Gasteiger partial charge in [0.25, 0.3) is 11.5 Å². The highest BCUT2D eigenvalue weighted by atomic mass is 16.5. The number of fused-ring (bicyclic) bond motifs is 1. The number of amides is 1. The Morgan fingerprint density at radius 2 is 2.03 bits per heavy atom. The van der Waals surface area contributed by atoms with E-state index in [0.717, 1.165) is 18.4 Å². The zero-order chi connectivity index (χ0) is 21.8. The number of aromatic amines is 1. The number of benzene rings is 1. The monoisotopic (exact) mass is 412 g/mol. The zero-order valence-electron chi connectivity index (χ0n) is 17.6. The number of carbonyl (C=O) groups is 1. The molecule has 0 saturated heterocycles. The number of unbranched alkanes of at least 4 members (excludes halogenated alkanes) is 1. The summed E-state index contributed by atoms with van der Waals surface area (Å²) in [4.78, 5) is 42.1. The van der Waals surface area contributed by atoms with Crippen LogP contribution in [0.4, 0.5) is 11.5 Å². The number of ether oxygens (including phenoxy) is 1. The SMILES string of the molecule is CCCCn1c(N)c(N(CC(C)C)C(=O)C2=Cc3ccccc3OC2)c(=O)[nH]c1=O. The minimum absolute atomic E-state index is 0.00364. The minimum atomic E-state index is -0.669. The first-order chi connectivity index (χ1) is 14.3. The van der Waals surface area contributed by atoms with Crippen molar-refractivity contribution in [3.05, 3.63) is 56.2 Å². The fraction of sp³-hybridized carbons (Fsp3) is 0.409. The van der Waals surface area contributed by atoms with E-state index in [1.807, 2.05) is 45.0 Å². The van der Waals surface area contributed by atoms with Crippen molar-refractivity contribution in [1.29, 1.82) is 0 Å². The van der Waals surface area contributed by atoms with E-state index >= 15 is 0 Å². The lowest BCUT2D eigenvalue weighted by Gasteiger charge is -2.28. The Kier molecular flexibility index (Phi) is 6.44. The molecule has 1 aliphatic rings. The second-order valence-corrected chi connectivity index (χ2v) is 7.80. The average molecular weight is 412 g/mol. The van der Waals surface area contributed by atoms with E-state index in [2.05, 4.69) is 4.98 Å². The molecule has 0 atom stereocenters. The van der Waals surface area contributed by atoms with Gasteiger partial charge in [0.1, 0.15) is 18.2 Å². The normalized spacial score (nSPS) is 12.9. The van der Waals surface area contributed by atoms with Crippen molar-refractivity contribution in [2.24, 2.45) is 5.92 Å². The van der Waals surface area contributed by atoms with E-state index in [9.17, 15) is 14.4 Å². The van der Waals surface area contributed by atoms with Gasteiger partial charge in [0.05, 0.1) is 5.57 Å². The molecule has 3 rings (SSSR count). The van der Waals surface area contributed by atoms with Crippen LogP contribution in [0.15, 0.2) is 39.4 Å². The first kappa shape index (κ1) is 21.4. The summed E-state index contributed by atoms with van der Waals surface area (Å²) < 4.78 is 7.04. The third kappa shape index (κ3) is 4.32. The lowest BCUT2D eigenvalue weighted by atomic mass is 10.1. The summed E-state index contributed by atoms with van der Waals surface area (Å²) in [5, 5.41) is 0. The molecule has 0 aliphatic carbocycles. The van der Waals surface area contributed by atoms with Gasteiger partial charge in [0.2, 0.25) is 0 Å². The smallest absolute Gasteiger partial charge is 0.330 e. The largest absolute Gasteiger partial charge is 0.488 e. The summed E-state index contributed by atoms with van der Waals surface area (Å²) in [6.07, 6.45) is 3.36. The molecule has 0 saturated carbocycles. The van der Waals surface area contributed by atoms with Gasteiger partial charge in [-0.15, -0.1) is 0 Å². The van der Waals surface area contributed by atoms with Gasteiger partial charge in [0, 0.05) is 18.7 Å². The number of nitrogens with two attached hydrogens (primary N) is 1. The summed E-state index contributed by atoms with van der Waals surface area (Å²) >= 11 is 0. The summed E-state index contributed by atoms with van der Waals surface area (Å²) in [5.41, 5.74) is 6.22. The molecule has 160 valence electrons. The first-order valence-electron chi connectivity index (χ1n) is 10.2. The molecule has 3 N–H and O–H groups in total. The standard InChI is InChI=1S/C22H28N4O4/c1-4-5-10-25-19(23)18(20(27)24-22(25)29)26(12-14(2)3)21(28)16-11-15-8-6-7-9-17(15)30-13-16/h6-9,11,14H,4-5,10,12-13,23H2,1-3H3,(H,24,27,29). The van der Waals surface area contributed by atoms with Gasteiger partial charge in [-0.3, -0.25) is 19.1 Å². The van der Waals surface area contributed by atoms with Crippen LogP contribution < -0.4 is 26.6 Å². The molecule has 8 heteroatoms. The van der Waals surface area contributed by atoms with E-state index < -0.39 is 11.2 Å². The van der Waals surface area contributed by atoms with Crippen molar-refractivity contribution >= 4 is 23.5 Å². The Labute approximate surface area is 175 Å². The van der Waals surface area contributed by atoms with Crippen LogP contribution in [0.1, 0.15) is 39.2 Å². The fourth-order valence-electron chi connectivity index (χ4n) is 3.43. The zero-order valence-corrected chi connectivity index (χ0v) is 17.6. The highest BCUT2D eigenvalue weighted by molar-refractivity contribution is 6.10. The second kappa shape index (κ2) is 9.02. The van der Waals surface area contributed by atoms with Gasteiger partial charge in [-0.2, -0.15) is 0 Å². The van der Waals surface area contributed by atoms with Gasteiger partial charge in [-0.05, 0) is 24.5 Å². The maximum atomic E-state index is 13.4. The molecule has 0 bridgehead atoms. The van der Waals surface area contributed by atoms with Crippen molar-refractivity contribution < 1.29 is 9.53 Å². The molecule has 1 aromatic carbocycles. The summed E-state index contributed by atoms with van der Waals surface area (Å²) in [6, 6.07) is 7.43. The van der Waals surface area contributed by atoms with Crippen molar-refractivity contribution in [3.63, 3.8) is 0 Å². The number of nitrogen functional groups attached to an aromatic ring is 1. The number of para-hydroxylation sites is 1. The summed E-state index contributed by atoms with van der Waals surface area (Å²) in [5.74, 6) is 0.413. The second-order valence-electron chi connectivity index (χ2n) is 7.80. The molecule has 1 aromatic heterocycles. The van der Waals surface area contributed by atoms with Crippen LogP contribution in [0.5, 0.6) is 5.75 Å². The van der Waals surface area contributed by atoms with Crippen molar-refractivity contribution in [2.75, 3.05) is 23.8 Å². The number of hydrogen-bond donors (Lipinski definition) is 2. The fourth-order valence-corrected chi connectivity index (χ4v) is 3.43. The molecule has 1 aliphatic heterocycles. The maximum absolute atomic E-state index is 13.4. The van der Waals surface area contributed by atoms with Crippen LogP contribution in [-0.2, 0) is 11.3 Å². The van der Waals surface area contributed by atoms with E-state index in [-0.39, 0.29) is 36.5 Å². The summed E-state index contributed by atoms with van der Waals surface area (Å²) in [7, 11) is 0. The van der Waals surface area contributed by atoms with Crippen LogP contribution in [-0.4, -0.2) is 28.6 Å². The minimum Gasteiger partial charge on any atom is -0.488 e. The lowest BCUT2D eigenvalue weighted by molar-refractivity contribution is -0.115. The van der Waals surface area contributed by atoms with Gasteiger partial charge >= 0.3 is 5.69 Å². The highest BCUT2D eigenvalue weighted by Gasteiger charge is 2.28. The molecule has 0 unspecified atom stereocenters. The quantitative estimate of drug-likeness (QED) is 0.725. The molecule has 8 nitrogen and oxygen atoms in total. The Balaban J connectivity index is 2.08. The number of rotatable bonds is 7. The third-order valence-electron chi connectivity index (χ3n) is 4.92. The molecular formula is C22H28N4O4. The Morgan fingerprint density at radius 1 is 1.30 bits per heavy atom. The summed E-state index contributed by atoms with van der Waals surface area (Å²) in [6.45, 7) is 6.62. The molecule has 1 amide bonds. The van der Waals surface area contributed by atoms with E-state index in [4.69, 9.17) is 10.5 Å². The first-order valence-corrected chi connectivity index (χ1v) is 10.2. The molecule has 30 heavy (non-hydrogen) atoms. The molecular weight excluding hydrogens is 384 g/mol. The highest BCUT2D eigenvalue weighted by Crippen LogP contribution is 2.28. The predicted molar refractivity (Wildman–Crippen MR) is 118 cm³/mol. The van der Waals surface area contributed by atoms with Crippen LogP contribution >= 0.6 is 0 Å². The Hall–Kier alpha value is -3.29. The number of nitrogens with zero attached hydrogens (tertiary/aromatic N) is 2. The number of aromatic nitrogens is 2. The molecule has 0 radical (unpaired) electrons. The topological polar surface area (TPSA) is 110 Å². The van der Waals surface area contributed by atoms with Gasteiger partial charge < -0.3 is 15.4 Å². The Bertz CT molecular complexity index is 1080. The van der Waals surface area contributed by atoms with Gasteiger partial charge in [-0.1, -0.05) is 45.4 Å². The van der Waals surface area contributed by atoms with Crippen LogP contribution in [0.3, 0.4) is 0 Å². The van der Waals surface area contributed by atoms with Crippen LogP contribution in [0, 0.1) is 5.92 Å². The van der Waals surface area contributed by atoms with E-state index in [1.54, 1.807) is 6.08 Å². The van der Waals surface area contributed by atoms with Crippen molar-refractivity contribution in [3.8, 4) is 5.75 Å². The third-order valence-corrected chi connectivity index (χ3v) is 4.92. The number of carbonyl (C=O) groups excluding carboxylic acids is 1. The average Bonchev–Trinajstić information content (AvgIpc) is 2.71. The molecule has 2 heterocycles. The van der Waals surface area contributed by atoms with Crippen LogP contribution in [0.2, 0.25) is 0 Å². The predicted octanol–water partition coefficient (Wildman–Crippen LogP) is 2.38. The number of H-pyrrole nitrogens is 1. The molecule has 0 fully saturated rings. The van der Waals surface area contributed by atoms with Crippen molar-refractivity contribution in [2.45, 2.75) is 40.2 Å². The van der Waals surface area contributed by atoms with E-state index in [1.165, 1.54) is 9.47 Å². The number of anilines is 2. The molecule has 0 spiro atoms. The van der Waals surface area contributed by atoms with E-state index in [0.29, 0.717) is 17.9 Å². The number of nitrogens with one attached hydrogen (secondary N) is 1.